The van der Waals surface area contributed by atoms with Crippen LogP contribution in [0.4, 0.5) is 5.82 Å². The molecular weight excluding hydrogens is 334 g/mol. The van der Waals surface area contributed by atoms with E-state index in [-0.39, 0.29) is 23.3 Å². The lowest BCUT2D eigenvalue weighted by molar-refractivity contribution is -0.108. The number of ether oxygens (including phenoxy) is 2. The molecule has 1 aliphatic rings. The molecule has 0 N–H and O–H groups in total. The number of methoxy groups -OCH3 is 2. The fourth-order valence-electron chi connectivity index (χ4n) is 2.49. The van der Waals surface area contributed by atoms with Crippen molar-refractivity contribution in [1.82, 2.24) is 9.97 Å². The number of aromatic nitrogens is 2. The van der Waals surface area contributed by atoms with Gasteiger partial charge in [0.05, 0.1) is 25.0 Å². The fraction of sp³-hybridized carbons (Fsp3) is 0.267. The molecule has 0 fully saturated rings. The smallest absolute Gasteiger partial charge is 0.318 e. The predicted octanol–water partition coefficient (Wildman–Crippen LogP) is 0.985. The van der Waals surface area contributed by atoms with Crippen LogP contribution in [-0.4, -0.2) is 45.4 Å². The topological polar surface area (TPSA) is 98.7 Å². The summed E-state index contributed by atoms with van der Waals surface area (Å²) >= 11 is 0. The van der Waals surface area contributed by atoms with E-state index >= 15 is 0 Å². The molecule has 3 rings (SSSR count). The molecule has 1 atom stereocenters. The Morgan fingerprint density at radius 1 is 1.21 bits per heavy atom. The molecular formula is C15H15N3O5S. The van der Waals surface area contributed by atoms with Gasteiger partial charge < -0.3 is 14.3 Å². The maximum Gasteiger partial charge on any atom is 0.318 e. The minimum Gasteiger partial charge on any atom is -0.497 e. The molecule has 1 aromatic heterocycles. The van der Waals surface area contributed by atoms with E-state index in [4.69, 9.17) is 9.47 Å². The van der Waals surface area contributed by atoms with Crippen molar-refractivity contribution in [2.75, 3.05) is 25.1 Å². The highest BCUT2D eigenvalue weighted by Gasteiger charge is 2.38. The Hall–Kier alpha value is -2.68. The lowest BCUT2D eigenvalue weighted by Gasteiger charge is -2.19. The third-order valence-corrected chi connectivity index (χ3v) is 5.54. The summed E-state index contributed by atoms with van der Waals surface area (Å²) in [5.41, 5.74) is 0.461. The van der Waals surface area contributed by atoms with Crippen molar-refractivity contribution in [3.05, 3.63) is 36.0 Å². The molecule has 2 aromatic rings. The second kappa shape index (κ2) is 6.08. The molecule has 24 heavy (non-hydrogen) atoms. The maximum atomic E-state index is 12.9. The second-order valence-electron chi connectivity index (χ2n) is 5.09. The summed E-state index contributed by atoms with van der Waals surface area (Å²) in [6.45, 7) is -0.0188. The van der Waals surface area contributed by atoms with Crippen LogP contribution < -0.4 is 13.8 Å². The predicted molar refractivity (Wildman–Crippen MR) is 84.9 cm³/mol. The minimum absolute atomic E-state index is 0.0188. The van der Waals surface area contributed by atoms with Crippen molar-refractivity contribution in [1.29, 1.82) is 0 Å². The molecule has 9 heteroatoms. The van der Waals surface area contributed by atoms with Crippen LogP contribution in [0.3, 0.4) is 0 Å². The Kier molecular flexibility index (Phi) is 4.10. The minimum atomic E-state index is -3.87. The van der Waals surface area contributed by atoms with E-state index < -0.39 is 15.9 Å². The second-order valence-corrected chi connectivity index (χ2v) is 6.95. The van der Waals surface area contributed by atoms with Gasteiger partial charge in [-0.25, -0.2) is 17.7 Å². The molecule has 0 spiro atoms. The van der Waals surface area contributed by atoms with Gasteiger partial charge in [-0.2, -0.15) is 4.98 Å². The van der Waals surface area contributed by atoms with E-state index in [9.17, 15) is 13.2 Å². The van der Waals surface area contributed by atoms with Gasteiger partial charge in [0.25, 0.3) is 10.0 Å². The van der Waals surface area contributed by atoms with Crippen LogP contribution >= 0.6 is 0 Å². The van der Waals surface area contributed by atoms with Gasteiger partial charge in [-0.05, 0) is 24.3 Å². The van der Waals surface area contributed by atoms with E-state index in [1.807, 2.05) is 0 Å². The molecule has 1 unspecified atom stereocenters. The Balaban J connectivity index is 2.07. The van der Waals surface area contributed by atoms with E-state index in [0.29, 0.717) is 17.6 Å². The largest absolute Gasteiger partial charge is 0.497 e. The highest BCUT2D eigenvalue weighted by molar-refractivity contribution is 7.92. The lowest BCUT2D eigenvalue weighted by atomic mass is 10.1. The number of hydrogen-bond donors (Lipinski definition) is 0. The third kappa shape index (κ3) is 2.56. The van der Waals surface area contributed by atoms with Gasteiger partial charge >= 0.3 is 6.01 Å². The number of fused-ring (bicyclic) bond motifs is 1. The zero-order valence-electron chi connectivity index (χ0n) is 13.0. The molecule has 0 amide bonds. The fourth-order valence-corrected chi connectivity index (χ4v) is 3.96. The molecule has 8 nitrogen and oxygen atoms in total. The molecule has 1 aliphatic heterocycles. The van der Waals surface area contributed by atoms with Crippen molar-refractivity contribution in [2.45, 2.75) is 10.8 Å². The zero-order valence-corrected chi connectivity index (χ0v) is 13.9. The van der Waals surface area contributed by atoms with Gasteiger partial charge in [0.1, 0.15) is 12.0 Å². The highest BCUT2D eigenvalue weighted by atomic mass is 32.2. The zero-order chi connectivity index (χ0) is 17.3. The number of aldehydes is 1. The van der Waals surface area contributed by atoms with Crippen molar-refractivity contribution in [3.63, 3.8) is 0 Å². The highest BCUT2D eigenvalue weighted by Crippen LogP contribution is 2.37. The van der Waals surface area contributed by atoms with Crippen LogP contribution in [-0.2, 0) is 14.8 Å². The van der Waals surface area contributed by atoms with Crippen molar-refractivity contribution < 1.29 is 22.7 Å². The van der Waals surface area contributed by atoms with Gasteiger partial charge in [-0.1, -0.05) is 0 Å². The molecule has 0 aliphatic carbocycles. The Morgan fingerprint density at radius 2 is 1.92 bits per heavy atom. The molecule has 0 saturated heterocycles. The van der Waals surface area contributed by atoms with E-state index in [2.05, 4.69) is 9.97 Å². The lowest BCUT2D eigenvalue weighted by Crippen LogP contribution is -2.30. The summed E-state index contributed by atoms with van der Waals surface area (Å²) in [4.78, 5) is 19.4. The average molecular weight is 349 g/mol. The maximum absolute atomic E-state index is 12.9. The normalized spacial score (nSPS) is 16.6. The van der Waals surface area contributed by atoms with Crippen LogP contribution in [0.2, 0.25) is 0 Å². The quantitative estimate of drug-likeness (QED) is 0.742. The number of carbonyl (C=O) groups excluding carboxylic acids is 1. The number of anilines is 1. The van der Waals surface area contributed by atoms with Gasteiger partial charge in [0.2, 0.25) is 0 Å². The van der Waals surface area contributed by atoms with Crippen LogP contribution in [0.5, 0.6) is 11.8 Å². The number of rotatable bonds is 5. The van der Waals surface area contributed by atoms with E-state index in [1.165, 1.54) is 32.5 Å². The van der Waals surface area contributed by atoms with E-state index in [0.717, 1.165) is 4.31 Å². The number of sulfonamides is 1. The van der Waals surface area contributed by atoms with Crippen LogP contribution in [0.25, 0.3) is 0 Å². The first-order valence-electron chi connectivity index (χ1n) is 7.04. The first kappa shape index (κ1) is 16.2. The average Bonchev–Trinajstić information content (AvgIpc) is 3.00. The summed E-state index contributed by atoms with van der Waals surface area (Å²) in [7, 11) is -0.989. The standard InChI is InChI=1S/C15H15N3O5S/c1-22-11-3-5-12(6-4-11)24(20,21)18-8-10(9-19)13-7-16-15(23-2)17-14(13)18/h3-7,9-10H,8H2,1-2H3. The number of benzene rings is 1. The summed E-state index contributed by atoms with van der Waals surface area (Å²) in [5.74, 6) is 0.0965. The summed E-state index contributed by atoms with van der Waals surface area (Å²) < 4.78 is 36.9. The molecule has 0 bridgehead atoms. The summed E-state index contributed by atoms with van der Waals surface area (Å²) in [6, 6.07) is 6.04. The summed E-state index contributed by atoms with van der Waals surface area (Å²) in [6.07, 6.45) is 2.11. The molecule has 126 valence electrons. The number of hydrogen-bond acceptors (Lipinski definition) is 7. The Bertz CT molecular complexity index is 867. The molecule has 2 heterocycles. The molecule has 0 radical (unpaired) electrons. The Morgan fingerprint density at radius 3 is 2.50 bits per heavy atom. The van der Waals surface area contributed by atoms with Crippen LogP contribution in [0.1, 0.15) is 11.5 Å². The Labute approximate surface area is 139 Å². The number of nitrogens with zero attached hydrogens (tertiary/aromatic N) is 3. The molecule has 0 saturated carbocycles. The van der Waals surface area contributed by atoms with Crippen LogP contribution in [0, 0.1) is 0 Å². The third-order valence-electron chi connectivity index (χ3n) is 3.77. The SMILES string of the molecule is COc1ccc(S(=O)(=O)N2CC(C=O)c3cnc(OC)nc32)cc1. The van der Waals surface area contributed by atoms with Gasteiger partial charge in [0, 0.05) is 18.3 Å². The summed E-state index contributed by atoms with van der Waals surface area (Å²) in [5, 5.41) is 0. The van der Waals surface area contributed by atoms with E-state index in [1.54, 1.807) is 12.1 Å². The molecule has 1 aromatic carbocycles. The van der Waals surface area contributed by atoms with Crippen molar-refractivity contribution in [3.8, 4) is 11.8 Å². The first-order valence-corrected chi connectivity index (χ1v) is 8.48. The van der Waals surface area contributed by atoms with Crippen molar-refractivity contribution in [2.24, 2.45) is 0 Å². The number of carbonyl (C=O) groups is 1. The monoisotopic (exact) mass is 349 g/mol. The van der Waals surface area contributed by atoms with Crippen molar-refractivity contribution >= 4 is 22.1 Å². The van der Waals surface area contributed by atoms with Gasteiger partial charge in [-0.3, -0.25) is 0 Å². The van der Waals surface area contributed by atoms with Crippen LogP contribution in [0.15, 0.2) is 35.4 Å². The van der Waals surface area contributed by atoms with Gasteiger partial charge in [0.15, 0.2) is 5.82 Å². The first-order chi connectivity index (χ1) is 11.5. The van der Waals surface area contributed by atoms with Gasteiger partial charge in [-0.15, -0.1) is 0 Å².